The molecule has 54 heavy (non-hydrogen) atoms. The van der Waals surface area contributed by atoms with Gasteiger partial charge in [0, 0.05) is 42.4 Å². The van der Waals surface area contributed by atoms with Crippen molar-refractivity contribution in [2.75, 3.05) is 13.7 Å². The SMILES string of the molecule is CCCCCCCC(=O)OCC(=O)C1(O)Cc2c(O)c3c(c(O)c2C(OC2CC(NC(=O)C(F)(F)F)C(O)C(C)O2)C1)C(=O)c1c(OC)cccc1C3=O. The first kappa shape index (κ1) is 40.6. The van der Waals surface area contributed by atoms with Gasteiger partial charge in [0.25, 0.3) is 0 Å². The van der Waals surface area contributed by atoms with Crippen LogP contribution in [0.2, 0.25) is 0 Å². The van der Waals surface area contributed by atoms with Gasteiger partial charge in [-0.3, -0.25) is 24.0 Å². The van der Waals surface area contributed by atoms with Crippen LogP contribution in [0.5, 0.6) is 17.2 Å². The number of aromatic hydroxyl groups is 2. The highest BCUT2D eigenvalue weighted by Gasteiger charge is 2.51. The van der Waals surface area contributed by atoms with Gasteiger partial charge in [-0.25, -0.2) is 0 Å². The molecule has 3 aliphatic rings. The minimum Gasteiger partial charge on any atom is -0.507 e. The fourth-order valence-electron chi connectivity index (χ4n) is 7.19. The number of fused-ring (bicyclic) bond motifs is 3. The minimum absolute atomic E-state index is 0.00788. The van der Waals surface area contributed by atoms with Crippen molar-refractivity contribution in [3.63, 3.8) is 0 Å². The summed E-state index contributed by atoms with van der Waals surface area (Å²) < 4.78 is 61.5. The van der Waals surface area contributed by atoms with Crippen LogP contribution in [0.1, 0.15) is 114 Å². The first-order valence-corrected chi connectivity index (χ1v) is 17.6. The van der Waals surface area contributed by atoms with Crippen LogP contribution in [0, 0.1) is 0 Å². The van der Waals surface area contributed by atoms with Crippen LogP contribution in [0.25, 0.3) is 0 Å². The molecule has 1 fully saturated rings. The number of aliphatic hydroxyl groups excluding tert-OH is 1. The van der Waals surface area contributed by atoms with Crippen LogP contribution in [-0.4, -0.2) is 99.7 Å². The number of methoxy groups -OCH3 is 1. The van der Waals surface area contributed by atoms with Gasteiger partial charge in [-0.15, -0.1) is 0 Å². The quantitative estimate of drug-likeness (QED) is 0.0956. The number of phenols is 2. The number of halogens is 3. The van der Waals surface area contributed by atoms with Gasteiger partial charge in [0.2, 0.25) is 11.6 Å². The molecule has 1 aliphatic heterocycles. The van der Waals surface area contributed by atoms with Crippen molar-refractivity contribution in [2.24, 2.45) is 0 Å². The molecule has 294 valence electrons. The second kappa shape index (κ2) is 16.0. The lowest BCUT2D eigenvalue weighted by Gasteiger charge is -2.43. The monoisotopic (exact) mass is 765 g/mol. The molecule has 0 aromatic heterocycles. The number of carbonyl (C=O) groups is 5. The van der Waals surface area contributed by atoms with E-state index in [9.17, 15) is 57.6 Å². The Morgan fingerprint density at radius 1 is 1.02 bits per heavy atom. The van der Waals surface area contributed by atoms with Crippen molar-refractivity contribution in [3.05, 3.63) is 51.6 Å². The Morgan fingerprint density at radius 3 is 2.37 bits per heavy atom. The van der Waals surface area contributed by atoms with Gasteiger partial charge in [0.1, 0.15) is 29.0 Å². The number of hydrogen-bond acceptors (Lipinski definition) is 13. The molecular weight excluding hydrogens is 723 g/mol. The Kier molecular flexibility index (Phi) is 12.1. The van der Waals surface area contributed by atoms with Crippen molar-refractivity contribution in [2.45, 2.75) is 114 Å². The van der Waals surface area contributed by atoms with E-state index in [0.717, 1.165) is 25.7 Å². The molecule has 1 heterocycles. The van der Waals surface area contributed by atoms with Crippen LogP contribution < -0.4 is 10.1 Å². The Hall–Kier alpha value is -4.58. The summed E-state index contributed by atoms with van der Waals surface area (Å²) in [7, 11) is 1.26. The standard InChI is InChI=1S/C37H42F3NO13/c1-4-5-6-7-8-12-24(43)52-16-23(42)36(50)14-19-27(22(15-36)54-25-13-20(30(44)17(2)53-25)41-35(49)37(38,39)40)34(48)29-28(32(19)46)31(45)18-10-9-11-21(51-3)26(18)33(29)47/h9-11,17,20,22,25,30,44,46,48,50H,4-8,12-16H2,1-3H3,(H,41,49). The van der Waals surface area contributed by atoms with E-state index in [1.165, 1.54) is 32.2 Å². The molecule has 5 rings (SSSR count). The van der Waals surface area contributed by atoms with Crippen molar-refractivity contribution < 1.29 is 76.5 Å². The average Bonchev–Trinajstić information content (AvgIpc) is 3.11. The predicted molar refractivity (Wildman–Crippen MR) is 179 cm³/mol. The topological polar surface area (TPSA) is 215 Å². The van der Waals surface area contributed by atoms with E-state index >= 15 is 0 Å². The number of ketones is 3. The summed E-state index contributed by atoms with van der Waals surface area (Å²) in [6, 6.07) is 2.59. The number of carbonyl (C=O) groups excluding carboxylic acids is 5. The highest BCUT2D eigenvalue weighted by atomic mass is 19.4. The molecule has 2 aromatic carbocycles. The molecular formula is C37H42F3NO13. The van der Waals surface area contributed by atoms with Crippen LogP contribution in [0.3, 0.4) is 0 Å². The van der Waals surface area contributed by atoms with Gasteiger partial charge in [-0.05, 0) is 19.4 Å². The number of alkyl halides is 3. The maximum absolute atomic E-state index is 13.9. The fraction of sp³-hybridized carbons (Fsp3) is 0.541. The average molecular weight is 766 g/mol. The Labute approximate surface area is 307 Å². The highest BCUT2D eigenvalue weighted by Crippen LogP contribution is 2.52. The van der Waals surface area contributed by atoms with Crippen LogP contribution in [-0.2, 0) is 35.0 Å². The Morgan fingerprint density at radius 2 is 1.70 bits per heavy atom. The molecule has 6 atom stereocenters. The minimum atomic E-state index is -5.29. The lowest BCUT2D eigenvalue weighted by atomic mass is 9.72. The summed E-state index contributed by atoms with van der Waals surface area (Å²) in [5, 5.41) is 47.5. The number of ether oxygens (including phenoxy) is 4. The first-order chi connectivity index (χ1) is 25.4. The smallest absolute Gasteiger partial charge is 0.471 e. The van der Waals surface area contributed by atoms with E-state index in [4.69, 9.17) is 18.9 Å². The van der Waals surface area contributed by atoms with Gasteiger partial charge in [-0.1, -0.05) is 44.7 Å². The van der Waals surface area contributed by atoms with Crippen molar-refractivity contribution in [3.8, 4) is 17.2 Å². The van der Waals surface area contributed by atoms with E-state index in [1.54, 1.807) is 5.32 Å². The van der Waals surface area contributed by atoms with E-state index in [1.807, 2.05) is 6.92 Å². The third kappa shape index (κ3) is 7.94. The number of aliphatic hydroxyl groups is 2. The third-order valence-corrected chi connectivity index (χ3v) is 10.0. The van der Waals surface area contributed by atoms with E-state index in [2.05, 4.69) is 0 Å². The molecule has 0 spiro atoms. The van der Waals surface area contributed by atoms with Crippen molar-refractivity contribution in [1.82, 2.24) is 5.32 Å². The predicted octanol–water partition coefficient (Wildman–Crippen LogP) is 3.63. The lowest BCUT2D eigenvalue weighted by Crippen LogP contribution is -2.57. The molecule has 6 unspecified atom stereocenters. The molecule has 2 aromatic rings. The molecule has 0 radical (unpaired) electrons. The lowest BCUT2D eigenvalue weighted by molar-refractivity contribution is -0.250. The first-order valence-electron chi connectivity index (χ1n) is 17.6. The van der Waals surface area contributed by atoms with Crippen molar-refractivity contribution >= 4 is 29.2 Å². The zero-order chi connectivity index (χ0) is 39.7. The molecule has 0 saturated carbocycles. The number of Topliss-reactive ketones (excluding diaryl/α,β-unsaturated/α-hetero) is 1. The maximum atomic E-state index is 13.9. The van der Waals surface area contributed by atoms with Gasteiger partial charge in [0.15, 0.2) is 18.7 Å². The summed E-state index contributed by atoms with van der Waals surface area (Å²) in [6.45, 7) is 2.42. The Balaban J connectivity index is 1.52. The van der Waals surface area contributed by atoms with Gasteiger partial charge < -0.3 is 44.7 Å². The van der Waals surface area contributed by atoms with Gasteiger partial charge >= 0.3 is 18.1 Å². The van der Waals surface area contributed by atoms with Gasteiger partial charge in [-0.2, -0.15) is 13.2 Å². The molecule has 14 nitrogen and oxygen atoms in total. The summed E-state index contributed by atoms with van der Waals surface area (Å²) >= 11 is 0. The van der Waals surface area contributed by atoms with Crippen LogP contribution in [0.4, 0.5) is 13.2 Å². The van der Waals surface area contributed by atoms with Gasteiger partial charge in [0.05, 0.1) is 42.0 Å². The molecule has 1 saturated heterocycles. The molecule has 5 N–H and O–H groups in total. The molecule has 1 amide bonds. The zero-order valence-corrected chi connectivity index (χ0v) is 29.8. The number of esters is 1. The van der Waals surface area contributed by atoms with Crippen molar-refractivity contribution in [1.29, 1.82) is 0 Å². The number of benzene rings is 2. The number of nitrogens with one attached hydrogen (secondary N) is 1. The zero-order valence-electron chi connectivity index (χ0n) is 29.8. The molecule has 0 bridgehead atoms. The summed E-state index contributed by atoms with van der Waals surface area (Å²) in [5.41, 5.74) is -4.83. The number of hydrogen-bond donors (Lipinski definition) is 5. The maximum Gasteiger partial charge on any atom is 0.471 e. The number of rotatable bonds is 13. The fourth-order valence-corrected chi connectivity index (χ4v) is 7.19. The van der Waals surface area contributed by atoms with E-state index in [-0.39, 0.29) is 34.4 Å². The summed E-state index contributed by atoms with van der Waals surface area (Å²) in [6.07, 6.45) is -9.28. The third-order valence-electron chi connectivity index (χ3n) is 10.0. The largest absolute Gasteiger partial charge is 0.507 e. The second-order valence-electron chi connectivity index (χ2n) is 13.7. The molecule has 17 heteroatoms. The summed E-state index contributed by atoms with van der Waals surface area (Å²) in [5.74, 6) is -7.61. The molecule has 2 aliphatic carbocycles. The number of phenolic OH excluding ortho intramolecular Hbond substituents is 2. The van der Waals surface area contributed by atoms with E-state index < -0.39 is 120 Å². The normalized spacial score (nSPS) is 24.9. The Bertz CT molecular complexity index is 1830. The number of amides is 1. The van der Waals surface area contributed by atoms with Crippen LogP contribution >= 0.6 is 0 Å². The number of unbranched alkanes of at least 4 members (excludes halogenated alkanes) is 4. The summed E-state index contributed by atoms with van der Waals surface area (Å²) in [4.78, 5) is 65.5. The van der Waals surface area contributed by atoms with Crippen LogP contribution in [0.15, 0.2) is 18.2 Å². The second-order valence-corrected chi connectivity index (χ2v) is 13.7. The van der Waals surface area contributed by atoms with E-state index in [0.29, 0.717) is 6.42 Å². The highest BCUT2D eigenvalue weighted by molar-refractivity contribution is 6.31.